The van der Waals surface area contributed by atoms with Crippen LogP contribution < -0.4 is 9.47 Å². The number of hydrogen-bond donors (Lipinski definition) is 1. The lowest BCUT2D eigenvalue weighted by molar-refractivity contribution is -0.140. The molecule has 1 aliphatic heterocycles. The zero-order chi connectivity index (χ0) is 27.2. The van der Waals surface area contributed by atoms with E-state index in [1.54, 1.807) is 24.3 Å². The molecule has 3 aromatic rings. The van der Waals surface area contributed by atoms with E-state index in [2.05, 4.69) is 0 Å². The maximum atomic E-state index is 13.2. The summed E-state index contributed by atoms with van der Waals surface area (Å²) in [5.74, 6) is -0.545. The maximum Gasteiger partial charge on any atom is 0.295 e. The SMILES string of the molecule is CCOc1ccc(C(O)=C2C(=O)C(=O)N(CCN(C)C)[C@H]2c2ccc(OCc3ccccc3)cc2)cc1Cl. The van der Waals surface area contributed by atoms with E-state index in [1.165, 1.54) is 11.0 Å². The second-order valence-electron chi connectivity index (χ2n) is 9.22. The first kappa shape index (κ1) is 27.2. The van der Waals surface area contributed by atoms with Gasteiger partial charge >= 0.3 is 0 Å². The van der Waals surface area contributed by atoms with Gasteiger partial charge in [0.05, 0.1) is 23.2 Å². The minimum absolute atomic E-state index is 0.0203. The highest BCUT2D eigenvalue weighted by atomic mass is 35.5. The fourth-order valence-corrected chi connectivity index (χ4v) is 4.56. The molecule has 0 unspecified atom stereocenters. The highest BCUT2D eigenvalue weighted by Gasteiger charge is 2.45. The van der Waals surface area contributed by atoms with E-state index in [9.17, 15) is 14.7 Å². The van der Waals surface area contributed by atoms with Crippen molar-refractivity contribution >= 4 is 29.1 Å². The summed E-state index contributed by atoms with van der Waals surface area (Å²) >= 11 is 6.34. The van der Waals surface area contributed by atoms with Crippen molar-refractivity contribution in [1.29, 1.82) is 0 Å². The summed E-state index contributed by atoms with van der Waals surface area (Å²) < 4.78 is 11.4. The van der Waals surface area contributed by atoms with Gasteiger partial charge in [0.2, 0.25) is 0 Å². The first-order valence-corrected chi connectivity index (χ1v) is 12.8. The van der Waals surface area contributed by atoms with Crippen LogP contribution in [0.15, 0.2) is 78.4 Å². The molecule has 0 radical (unpaired) electrons. The molecule has 1 heterocycles. The van der Waals surface area contributed by atoms with Crippen LogP contribution in [0.25, 0.3) is 5.76 Å². The molecule has 1 N–H and O–H groups in total. The van der Waals surface area contributed by atoms with E-state index in [4.69, 9.17) is 21.1 Å². The number of carbonyl (C=O) groups is 2. The average Bonchev–Trinajstić information content (AvgIpc) is 3.17. The highest BCUT2D eigenvalue weighted by molar-refractivity contribution is 6.46. The Kier molecular flexibility index (Phi) is 8.71. The topological polar surface area (TPSA) is 79.3 Å². The number of ketones is 1. The first-order chi connectivity index (χ1) is 18.3. The number of benzene rings is 3. The van der Waals surface area contributed by atoms with Crippen molar-refractivity contribution in [2.24, 2.45) is 0 Å². The summed E-state index contributed by atoms with van der Waals surface area (Å²) in [5, 5.41) is 11.6. The number of carbonyl (C=O) groups excluding carboxylic acids is 2. The van der Waals surface area contributed by atoms with Crippen LogP contribution in [0.2, 0.25) is 5.02 Å². The standard InChI is InChI=1S/C30H31ClN2O5/c1-4-37-25-15-12-22(18-24(25)31)28(34)26-27(33(17-16-32(2)3)30(36)29(26)35)21-10-13-23(14-11-21)38-19-20-8-6-5-7-9-20/h5-15,18,27,34H,4,16-17,19H2,1-3H3/t27-/m0/s1. The van der Waals surface area contributed by atoms with Gasteiger partial charge in [-0.15, -0.1) is 0 Å². The van der Waals surface area contributed by atoms with Crippen molar-refractivity contribution in [2.45, 2.75) is 19.6 Å². The van der Waals surface area contributed by atoms with E-state index in [0.717, 1.165) is 5.56 Å². The second kappa shape index (κ2) is 12.2. The third-order valence-electron chi connectivity index (χ3n) is 6.28. The Hall–Kier alpha value is -3.81. The summed E-state index contributed by atoms with van der Waals surface area (Å²) in [5.41, 5.74) is 2.08. The fraction of sp³-hybridized carbons (Fsp3) is 0.267. The normalized spacial score (nSPS) is 16.8. The van der Waals surface area contributed by atoms with E-state index in [0.29, 0.717) is 54.0 Å². The van der Waals surface area contributed by atoms with Gasteiger partial charge in [-0.25, -0.2) is 0 Å². The monoisotopic (exact) mass is 534 g/mol. The Morgan fingerprint density at radius 3 is 2.34 bits per heavy atom. The van der Waals surface area contributed by atoms with Crippen LogP contribution in [-0.4, -0.2) is 60.4 Å². The molecule has 0 spiro atoms. The Morgan fingerprint density at radius 1 is 1.00 bits per heavy atom. The number of halogens is 1. The molecule has 1 saturated heterocycles. The average molecular weight is 535 g/mol. The van der Waals surface area contributed by atoms with Crippen LogP contribution in [-0.2, 0) is 16.2 Å². The van der Waals surface area contributed by atoms with Crippen LogP contribution in [0.3, 0.4) is 0 Å². The number of likely N-dealkylation sites (tertiary alicyclic amines) is 1. The third-order valence-corrected chi connectivity index (χ3v) is 6.57. The number of rotatable bonds is 10. The molecule has 1 amide bonds. The highest BCUT2D eigenvalue weighted by Crippen LogP contribution is 2.40. The summed E-state index contributed by atoms with van der Waals surface area (Å²) in [6.45, 7) is 3.57. The van der Waals surface area contributed by atoms with Crippen molar-refractivity contribution in [3.63, 3.8) is 0 Å². The first-order valence-electron chi connectivity index (χ1n) is 12.4. The molecule has 198 valence electrons. The molecule has 4 rings (SSSR count). The molecule has 0 bridgehead atoms. The minimum Gasteiger partial charge on any atom is -0.507 e. The maximum absolute atomic E-state index is 13.2. The fourth-order valence-electron chi connectivity index (χ4n) is 4.33. The smallest absolute Gasteiger partial charge is 0.295 e. The Labute approximate surface area is 227 Å². The minimum atomic E-state index is -0.761. The van der Waals surface area contributed by atoms with E-state index in [-0.39, 0.29) is 11.3 Å². The van der Waals surface area contributed by atoms with Gasteiger partial charge in [-0.2, -0.15) is 0 Å². The Bertz CT molecular complexity index is 1320. The summed E-state index contributed by atoms with van der Waals surface area (Å²) in [6, 6.07) is 21.1. The number of likely N-dealkylation sites (N-methyl/N-ethyl adjacent to an activating group) is 1. The predicted molar refractivity (Wildman–Crippen MR) is 147 cm³/mol. The largest absolute Gasteiger partial charge is 0.507 e. The zero-order valence-corrected chi connectivity index (χ0v) is 22.4. The number of ether oxygens (including phenoxy) is 2. The number of amides is 1. The summed E-state index contributed by atoms with van der Waals surface area (Å²) in [6.07, 6.45) is 0. The summed E-state index contributed by atoms with van der Waals surface area (Å²) in [7, 11) is 3.79. The van der Waals surface area contributed by atoms with E-state index in [1.807, 2.05) is 68.4 Å². The lowest BCUT2D eigenvalue weighted by Gasteiger charge is -2.26. The number of aliphatic hydroxyl groups excluding tert-OH is 1. The molecule has 8 heteroatoms. The molecule has 7 nitrogen and oxygen atoms in total. The summed E-state index contributed by atoms with van der Waals surface area (Å²) in [4.78, 5) is 29.8. The Balaban J connectivity index is 1.69. The molecule has 38 heavy (non-hydrogen) atoms. The van der Waals surface area contributed by atoms with Gasteiger partial charge in [0.25, 0.3) is 11.7 Å². The molecule has 1 fully saturated rings. The van der Waals surface area contributed by atoms with Crippen molar-refractivity contribution in [3.8, 4) is 11.5 Å². The van der Waals surface area contributed by atoms with Crippen molar-refractivity contribution in [1.82, 2.24) is 9.80 Å². The van der Waals surface area contributed by atoms with Gasteiger partial charge in [-0.05, 0) is 62.5 Å². The van der Waals surface area contributed by atoms with Gasteiger partial charge in [-0.3, -0.25) is 9.59 Å². The van der Waals surface area contributed by atoms with Gasteiger partial charge in [0, 0.05) is 18.7 Å². The van der Waals surface area contributed by atoms with Gasteiger partial charge < -0.3 is 24.4 Å². The Morgan fingerprint density at radius 2 is 1.71 bits per heavy atom. The lowest BCUT2D eigenvalue weighted by Crippen LogP contribution is -2.35. The third kappa shape index (κ3) is 6.01. The molecular formula is C30H31ClN2O5. The molecular weight excluding hydrogens is 504 g/mol. The molecule has 0 aromatic heterocycles. The number of hydrogen-bond acceptors (Lipinski definition) is 6. The van der Waals surface area contributed by atoms with Gasteiger partial charge in [-0.1, -0.05) is 54.1 Å². The quantitative estimate of drug-likeness (QED) is 0.216. The number of Topliss-reactive ketones (excluding diaryl/α,β-unsaturated/α-hetero) is 1. The van der Waals surface area contributed by atoms with E-state index >= 15 is 0 Å². The molecule has 1 aliphatic rings. The van der Waals surface area contributed by atoms with Crippen LogP contribution >= 0.6 is 11.6 Å². The second-order valence-corrected chi connectivity index (χ2v) is 9.62. The van der Waals surface area contributed by atoms with Crippen LogP contribution in [0.5, 0.6) is 11.5 Å². The van der Waals surface area contributed by atoms with Crippen LogP contribution in [0, 0.1) is 0 Å². The molecule has 1 atom stereocenters. The van der Waals surface area contributed by atoms with Gasteiger partial charge in [0.1, 0.15) is 23.9 Å². The predicted octanol–water partition coefficient (Wildman–Crippen LogP) is 5.30. The number of aliphatic hydroxyl groups is 1. The van der Waals surface area contributed by atoms with Gasteiger partial charge in [0.15, 0.2) is 0 Å². The lowest BCUT2D eigenvalue weighted by atomic mass is 9.95. The van der Waals surface area contributed by atoms with Crippen molar-refractivity contribution in [2.75, 3.05) is 33.8 Å². The van der Waals surface area contributed by atoms with Crippen LogP contribution in [0.4, 0.5) is 0 Å². The molecule has 0 saturated carbocycles. The molecule has 3 aromatic carbocycles. The van der Waals surface area contributed by atoms with E-state index < -0.39 is 17.7 Å². The van der Waals surface area contributed by atoms with Crippen molar-refractivity contribution < 1.29 is 24.2 Å². The number of nitrogens with zero attached hydrogens (tertiary/aromatic N) is 2. The molecule has 0 aliphatic carbocycles. The van der Waals surface area contributed by atoms with Crippen LogP contribution in [0.1, 0.15) is 29.7 Å². The van der Waals surface area contributed by atoms with Crippen molar-refractivity contribution in [3.05, 3.63) is 100 Å². The zero-order valence-electron chi connectivity index (χ0n) is 21.7.